The van der Waals surface area contributed by atoms with Gasteiger partial charge in [0.25, 0.3) is 0 Å². The topological polar surface area (TPSA) is 0 Å². The van der Waals surface area contributed by atoms with E-state index in [-0.39, 0.29) is 0 Å². The van der Waals surface area contributed by atoms with E-state index in [2.05, 4.69) is 73.7 Å². The van der Waals surface area contributed by atoms with E-state index in [1.54, 1.807) is 0 Å². The first-order valence-electron chi connectivity index (χ1n) is 8.58. The Balaban J connectivity index is 0.000000162. The standard InChI is InChI=1S/C12H18.C10H10/c1-2-4-6-8-10-12-11-9-7-5-3-1;1-8-6-7-9-4-2-3-5-10(8)9/h1-2,7-10H,3-6,11-12H2;2-6H,7H2,1H3. The number of rotatable bonds is 0. The lowest BCUT2D eigenvalue weighted by atomic mass is 10.1. The predicted molar refractivity (Wildman–Crippen MR) is 98.9 cm³/mol. The highest BCUT2D eigenvalue weighted by Gasteiger charge is 2.07. The minimum absolute atomic E-state index is 1.13. The molecule has 0 atom stereocenters. The summed E-state index contributed by atoms with van der Waals surface area (Å²) in [5, 5.41) is 0. The quantitative estimate of drug-likeness (QED) is 0.469. The Morgan fingerprint density at radius 1 is 0.636 bits per heavy atom. The highest BCUT2D eigenvalue weighted by atomic mass is 14.1. The molecule has 2 aliphatic rings. The van der Waals surface area contributed by atoms with Crippen molar-refractivity contribution in [3.63, 3.8) is 0 Å². The van der Waals surface area contributed by atoms with Gasteiger partial charge in [-0.15, -0.1) is 0 Å². The zero-order valence-electron chi connectivity index (χ0n) is 13.8. The van der Waals surface area contributed by atoms with Crippen molar-refractivity contribution in [2.45, 2.75) is 51.9 Å². The van der Waals surface area contributed by atoms with Gasteiger partial charge in [0.1, 0.15) is 0 Å². The lowest BCUT2D eigenvalue weighted by Crippen LogP contribution is -1.79. The van der Waals surface area contributed by atoms with Crippen molar-refractivity contribution in [2.75, 3.05) is 0 Å². The van der Waals surface area contributed by atoms with Gasteiger partial charge in [-0.2, -0.15) is 0 Å². The molecule has 0 amide bonds. The molecule has 22 heavy (non-hydrogen) atoms. The van der Waals surface area contributed by atoms with Crippen LogP contribution in [0.4, 0.5) is 0 Å². The van der Waals surface area contributed by atoms with Crippen molar-refractivity contribution < 1.29 is 0 Å². The smallest absolute Gasteiger partial charge is 0.00855 e. The summed E-state index contributed by atoms with van der Waals surface area (Å²) in [6, 6.07) is 8.59. The zero-order chi connectivity index (χ0) is 15.5. The molecule has 0 N–H and O–H groups in total. The molecule has 0 aliphatic heterocycles. The molecule has 0 bridgehead atoms. The second kappa shape index (κ2) is 10.00. The van der Waals surface area contributed by atoms with Crippen LogP contribution in [0.15, 0.2) is 66.8 Å². The summed E-state index contributed by atoms with van der Waals surface area (Å²) in [5.74, 6) is 0. The van der Waals surface area contributed by atoms with Crippen LogP contribution in [-0.2, 0) is 6.42 Å². The second-order valence-corrected chi connectivity index (χ2v) is 5.89. The summed E-state index contributed by atoms with van der Waals surface area (Å²) in [6.45, 7) is 2.17. The lowest BCUT2D eigenvalue weighted by Gasteiger charge is -1.97. The van der Waals surface area contributed by atoms with Crippen LogP contribution in [0.3, 0.4) is 0 Å². The molecule has 1 aromatic carbocycles. The normalized spacial score (nSPS) is 17.6. The van der Waals surface area contributed by atoms with Crippen LogP contribution < -0.4 is 0 Å². The van der Waals surface area contributed by atoms with E-state index < -0.39 is 0 Å². The minimum atomic E-state index is 1.13. The molecule has 0 heterocycles. The monoisotopic (exact) mass is 292 g/mol. The molecule has 0 saturated carbocycles. The number of benzene rings is 1. The van der Waals surface area contributed by atoms with Gasteiger partial charge in [0, 0.05) is 0 Å². The maximum atomic E-state index is 2.29. The van der Waals surface area contributed by atoms with Crippen molar-refractivity contribution in [3.05, 3.63) is 77.9 Å². The molecule has 0 saturated heterocycles. The van der Waals surface area contributed by atoms with Crippen LogP contribution in [0, 0.1) is 0 Å². The molecule has 0 spiro atoms. The van der Waals surface area contributed by atoms with Crippen molar-refractivity contribution in [1.82, 2.24) is 0 Å². The van der Waals surface area contributed by atoms with Crippen LogP contribution in [0.1, 0.15) is 56.6 Å². The van der Waals surface area contributed by atoms with Gasteiger partial charge in [0.05, 0.1) is 0 Å². The highest BCUT2D eigenvalue weighted by Crippen LogP contribution is 2.25. The first-order chi connectivity index (χ1) is 10.9. The maximum Gasteiger partial charge on any atom is -0.00855 e. The van der Waals surface area contributed by atoms with Gasteiger partial charge >= 0.3 is 0 Å². The average molecular weight is 292 g/mol. The molecule has 0 aromatic heterocycles. The Labute approximate surface area is 136 Å². The van der Waals surface area contributed by atoms with Gasteiger partial charge in [-0.1, -0.05) is 66.8 Å². The second-order valence-electron chi connectivity index (χ2n) is 5.89. The largest absolute Gasteiger partial charge is 0.0882 e. The van der Waals surface area contributed by atoms with Gasteiger partial charge in [-0.25, -0.2) is 0 Å². The molecular weight excluding hydrogens is 264 g/mol. The Bertz CT molecular complexity index is 504. The van der Waals surface area contributed by atoms with Crippen molar-refractivity contribution >= 4 is 5.57 Å². The van der Waals surface area contributed by atoms with Crippen LogP contribution in [-0.4, -0.2) is 0 Å². The fourth-order valence-electron chi connectivity index (χ4n) is 2.74. The lowest BCUT2D eigenvalue weighted by molar-refractivity contribution is 0.962. The molecule has 0 heteroatoms. The van der Waals surface area contributed by atoms with Gasteiger partial charge in [0.15, 0.2) is 0 Å². The van der Waals surface area contributed by atoms with Crippen molar-refractivity contribution in [1.29, 1.82) is 0 Å². The van der Waals surface area contributed by atoms with Gasteiger partial charge in [-0.05, 0) is 68.6 Å². The third kappa shape index (κ3) is 5.89. The first-order valence-corrected chi connectivity index (χ1v) is 8.58. The van der Waals surface area contributed by atoms with Crippen LogP contribution in [0.2, 0.25) is 0 Å². The molecule has 1 aromatic rings. The summed E-state index contributed by atoms with van der Waals surface area (Å²) in [4.78, 5) is 0. The summed E-state index contributed by atoms with van der Waals surface area (Å²) in [7, 11) is 0. The Kier molecular flexibility index (Phi) is 7.52. The van der Waals surface area contributed by atoms with E-state index in [9.17, 15) is 0 Å². The minimum Gasteiger partial charge on any atom is -0.0882 e. The summed E-state index contributed by atoms with van der Waals surface area (Å²) in [6.07, 6.45) is 24.4. The van der Waals surface area contributed by atoms with Crippen molar-refractivity contribution in [2.24, 2.45) is 0 Å². The number of fused-ring (bicyclic) bond motifs is 1. The summed E-state index contributed by atoms with van der Waals surface area (Å²) in [5.41, 5.74) is 4.33. The van der Waals surface area contributed by atoms with E-state index in [0.29, 0.717) is 0 Å². The van der Waals surface area contributed by atoms with Crippen molar-refractivity contribution in [3.8, 4) is 0 Å². The van der Waals surface area contributed by atoms with Crippen LogP contribution >= 0.6 is 0 Å². The number of hydrogen-bond donors (Lipinski definition) is 0. The summed E-state index contributed by atoms with van der Waals surface area (Å²) >= 11 is 0. The first kappa shape index (κ1) is 16.5. The molecule has 0 unspecified atom stereocenters. The Morgan fingerprint density at radius 3 is 1.55 bits per heavy atom. The summed E-state index contributed by atoms with van der Waals surface area (Å²) < 4.78 is 0. The predicted octanol–water partition coefficient (Wildman–Crippen LogP) is 6.66. The number of allylic oxidation sites excluding steroid dienone is 8. The van der Waals surface area contributed by atoms with E-state index in [0.717, 1.165) is 6.42 Å². The van der Waals surface area contributed by atoms with E-state index >= 15 is 0 Å². The molecule has 2 aliphatic carbocycles. The molecule has 0 radical (unpaired) electrons. The highest BCUT2D eigenvalue weighted by molar-refractivity contribution is 5.71. The molecule has 0 nitrogen and oxygen atoms in total. The zero-order valence-corrected chi connectivity index (χ0v) is 13.8. The Morgan fingerprint density at radius 2 is 1.09 bits per heavy atom. The third-order valence-electron chi connectivity index (χ3n) is 4.07. The van der Waals surface area contributed by atoms with Gasteiger partial charge in [-0.3, -0.25) is 0 Å². The Hall–Kier alpha value is -1.82. The van der Waals surface area contributed by atoms with Crippen LogP contribution in [0.25, 0.3) is 5.57 Å². The number of hydrogen-bond acceptors (Lipinski definition) is 0. The van der Waals surface area contributed by atoms with Gasteiger partial charge < -0.3 is 0 Å². The molecule has 0 fully saturated rings. The fourth-order valence-corrected chi connectivity index (χ4v) is 2.74. The molecule has 3 rings (SSSR count). The SMILES string of the molecule is C1=CCCC=CCCC=CCC1.CC1=CCc2ccccc21. The van der Waals surface area contributed by atoms with Gasteiger partial charge in [0.2, 0.25) is 0 Å². The maximum absolute atomic E-state index is 2.29. The average Bonchev–Trinajstić information content (AvgIpc) is 2.91. The van der Waals surface area contributed by atoms with E-state index in [1.807, 2.05) is 0 Å². The molecular formula is C22H28. The fraction of sp³-hybridized carbons (Fsp3) is 0.364. The van der Waals surface area contributed by atoms with E-state index in [1.165, 1.54) is 55.2 Å². The van der Waals surface area contributed by atoms with Crippen LogP contribution in [0.5, 0.6) is 0 Å². The third-order valence-corrected chi connectivity index (χ3v) is 4.07. The van der Waals surface area contributed by atoms with E-state index in [4.69, 9.17) is 0 Å². The molecule has 116 valence electrons.